The first-order chi connectivity index (χ1) is 8.18. The Hall–Kier alpha value is -1.06. The summed E-state index contributed by atoms with van der Waals surface area (Å²) in [5, 5.41) is 13.4. The number of phenolic OH excluding ortho intramolecular Hbond substituents is 1. The fourth-order valence-electron chi connectivity index (χ4n) is 2.27. The Morgan fingerprint density at radius 1 is 1.24 bits per heavy atom. The normalized spacial score (nSPS) is 17.3. The first kappa shape index (κ1) is 12.4. The van der Waals surface area contributed by atoms with E-state index in [-0.39, 0.29) is 0 Å². The summed E-state index contributed by atoms with van der Waals surface area (Å²) in [6, 6.07) is 4.15. The minimum absolute atomic E-state index is 0.486. The van der Waals surface area contributed by atoms with Gasteiger partial charge in [0.15, 0.2) is 0 Å². The van der Waals surface area contributed by atoms with Gasteiger partial charge in [-0.3, -0.25) is 0 Å². The van der Waals surface area contributed by atoms with Gasteiger partial charge in [-0.05, 0) is 37.0 Å². The standard InChI is InChI=1S/C14H22N2O/c1-11-3-4-13(14(17)12(11)2)5-8-16-9-6-15-7-10-16/h3-4,15,17H,5-10H2,1-2H3. The van der Waals surface area contributed by atoms with Crippen LogP contribution in [-0.2, 0) is 6.42 Å². The maximum Gasteiger partial charge on any atom is 0.121 e. The van der Waals surface area contributed by atoms with Crippen molar-refractivity contribution in [2.24, 2.45) is 0 Å². The highest BCUT2D eigenvalue weighted by Gasteiger charge is 2.11. The zero-order chi connectivity index (χ0) is 12.3. The quantitative estimate of drug-likeness (QED) is 0.831. The molecule has 1 aliphatic rings. The Morgan fingerprint density at radius 2 is 1.94 bits per heavy atom. The summed E-state index contributed by atoms with van der Waals surface area (Å²) in [7, 11) is 0. The smallest absolute Gasteiger partial charge is 0.121 e. The molecule has 0 amide bonds. The van der Waals surface area contributed by atoms with Gasteiger partial charge >= 0.3 is 0 Å². The van der Waals surface area contributed by atoms with E-state index in [1.165, 1.54) is 0 Å². The average molecular weight is 234 g/mol. The van der Waals surface area contributed by atoms with Crippen molar-refractivity contribution >= 4 is 0 Å². The third-order valence-corrected chi connectivity index (χ3v) is 3.69. The Kier molecular flexibility index (Phi) is 4.02. The van der Waals surface area contributed by atoms with Crippen LogP contribution in [-0.4, -0.2) is 42.7 Å². The van der Waals surface area contributed by atoms with Crippen molar-refractivity contribution in [2.75, 3.05) is 32.7 Å². The number of benzene rings is 1. The van der Waals surface area contributed by atoms with Crippen molar-refractivity contribution in [3.05, 3.63) is 28.8 Å². The Balaban J connectivity index is 1.96. The van der Waals surface area contributed by atoms with Gasteiger partial charge in [0.05, 0.1) is 0 Å². The van der Waals surface area contributed by atoms with Crippen molar-refractivity contribution in [3.8, 4) is 5.75 Å². The second-order valence-corrected chi connectivity index (χ2v) is 4.86. The van der Waals surface area contributed by atoms with Gasteiger partial charge in [-0.25, -0.2) is 0 Å². The average Bonchev–Trinajstić information content (AvgIpc) is 2.36. The Morgan fingerprint density at radius 3 is 2.65 bits per heavy atom. The van der Waals surface area contributed by atoms with E-state index in [0.717, 1.165) is 55.8 Å². The van der Waals surface area contributed by atoms with Gasteiger partial charge in [0.2, 0.25) is 0 Å². The lowest BCUT2D eigenvalue weighted by atomic mass is 10.0. The summed E-state index contributed by atoms with van der Waals surface area (Å²) in [4.78, 5) is 2.45. The lowest BCUT2D eigenvalue weighted by Gasteiger charge is -2.27. The maximum atomic E-state index is 10.1. The van der Waals surface area contributed by atoms with Crippen LogP contribution >= 0.6 is 0 Å². The molecule has 1 aromatic carbocycles. The van der Waals surface area contributed by atoms with Gasteiger partial charge in [-0.1, -0.05) is 12.1 Å². The second-order valence-electron chi connectivity index (χ2n) is 4.86. The molecule has 2 N–H and O–H groups in total. The Bertz CT molecular complexity index is 384. The summed E-state index contributed by atoms with van der Waals surface area (Å²) in [6.07, 6.45) is 0.937. The molecule has 17 heavy (non-hydrogen) atoms. The number of piperazine rings is 1. The van der Waals surface area contributed by atoms with E-state index < -0.39 is 0 Å². The molecule has 1 fully saturated rings. The molecule has 0 unspecified atom stereocenters. The number of rotatable bonds is 3. The molecule has 3 heteroatoms. The molecule has 0 radical (unpaired) electrons. The van der Waals surface area contributed by atoms with Crippen LogP contribution in [0.1, 0.15) is 16.7 Å². The molecule has 0 bridgehead atoms. The van der Waals surface area contributed by atoms with Crippen molar-refractivity contribution in [3.63, 3.8) is 0 Å². The van der Waals surface area contributed by atoms with Crippen LogP contribution in [0, 0.1) is 13.8 Å². The van der Waals surface area contributed by atoms with E-state index >= 15 is 0 Å². The predicted octanol–water partition coefficient (Wildman–Crippen LogP) is 1.46. The third kappa shape index (κ3) is 2.99. The largest absolute Gasteiger partial charge is 0.507 e. The number of hydrogen-bond donors (Lipinski definition) is 2. The van der Waals surface area contributed by atoms with E-state index in [0.29, 0.717) is 5.75 Å². The summed E-state index contributed by atoms with van der Waals surface area (Å²) in [6.45, 7) is 9.46. The molecule has 1 aliphatic heterocycles. The number of nitrogens with one attached hydrogen (secondary N) is 1. The van der Waals surface area contributed by atoms with Crippen molar-refractivity contribution in [1.29, 1.82) is 0 Å². The van der Waals surface area contributed by atoms with Crippen molar-refractivity contribution in [2.45, 2.75) is 20.3 Å². The number of aryl methyl sites for hydroxylation is 1. The van der Waals surface area contributed by atoms with Crippen molar-refractivity contribution < 1.29 is 5.11 Å². The zero-order valence-corrected chi connectivity index (χ0v) is 10.8. The molecule has 0 atom stereocenters. The molecular weight excluding hydrogens is 212 g/mol. The van der Waals surface area contributed by atoms with Gasteiger partial charge in [0.1, 0.15) is 5.75 Å². The molecule has 0 spiro atoms. The maximum absolute atomic E-state index is 10.1. The number of aromatic hydroxyl groups is 1. The van der Waals surface area contributed by atoms with Crippen LogP contribution in [0.25, 0.3) is 0 Å². The SMILES string of the molecule is Cc1ccc(CCN2CCNCC2)c(O)c1C. The fourth-order valence-corrected chi connectivity index (χ4v) is 2.27. The highest BCUT2D eigenvalue weighted by atomic mass is 16.3. The third-order valence-electron chi connectivity index (χ3n) is 3.69. The number of hydrogen-bond acceptors (Lipinski definition) is 3. The predicted molar refractivity (Wildman–Crippen MR) is 70.6 cm³/mol. The van der Waals surface area contributed by atoms with Crippen molar-refractivity contribution in [1.82, 2.24) is 10.2 Å². The van der Waals surface area contributed by atoms with Crippen LogP contribution in [0.15, 0.2) is 12.1 Å². The van der Waals surface area contributed by atoms with Gasteiger partial charge < -0.3 is 15.3 Å². The highest BCUT2D eigenvalue weighted by Crippen LogP contribution is 2.25. The lowest BCUT2D eigenvalue weighted by Crippen LogP contribution is -2.44. The summed E-state index contributed by atoms with van der Waals surface area (Å²) in [5.74, 6) is 0.486. The summed E-state index contributed by atoms with van der Waals surface area (Å²) >= 11 is 0. The van der Waals surface area contributed by atoms with E-state index in [4.69, 9.17) is 0 Å². The lowest BCUT2D eigenvalue weighted by molar-refractivity contribution is 0.243. The molecule has 94 valence electrons. The van der Waals surface area contributed by atoms with E-state index in [1.54, 1.807) is 0 Å². The highest BCUT2D eigenvalue weighted by molar-refractivity contribution is 5.44. The van der Waals surface area contributed by atoms with Gasteiger partial charge in [0.25, 0.3) is 0 Å². The molecule has 0 saturated carbocycles. The van der Waals surface area contributed by atoms with E-state index in [9.17, 15) is 5.11 Å². The van der Waals surface area contributed by atoms with E-state index in [1.807, 2.05) is 13.8 Å². The van der Waals surface area contributed by atoms with Crippen LogP contribution in [0.3, 0.4) is 0 Å². The molecule has 3 nitrogen and oxygen atoms in total. The summed E-state index contributed by atoms with van der Waals surface area (Å²) in [5.41, 5.74) is 3.25. The fraction of sp³-hybridized carbons (Fsp3) is 0.571. The molecule has 0 aliphatic carbocycles. The van der Waals surface area contributed by atoms with E-state index in [2.05, 4.69) is 22.3 Å². The molecular formula is C14H22N2O. The second kappa shape index (κ2) is 5.52. The first-order valence-electron chi connectivity index (χ1n) is 6.39. The molecule has 1 saturated heterocycles. The van der Waals surface area contributed by atoms with Crippen LogP contribution in [0.2, 0.25) is 0 Å². The van der Waals surface area contributed by atoms with Crippen LogP contribution in [0.4, 0.5) is 0 Å². The minimum atomic E-state index is 0.486. The van der Waals surface area contributed by atoms with Gasteiger partial charge in [-0.15, -0.1) is 0 Å². The first-order valence-corrected chi connectivity index (χ1v) is 6.39. The zero-order valence-electron chi connectivity index (χ0n) is 10.8. The van der Waals surface area contributed by atoms with Crippen LogP contribution in [0.5, 0.6) is 5.75 Å². The number of phenols is 1. The minimum Gasteiger partial charge on any atom is -0.507 e. The van der Waals surface area contributed by atoms with Gasteiger partial charge in [-0.2, -0.15) is 0 Å². The summed E-state index contributed by atoms with van der Waals surface area (Å²) < 4.78 is 0. The Labute approximate surface area is 103 Å². The topological polar surface area (TPSA) is 35.5 Å². The monoisotopic (exact) mass is 234 g/mol. The molecule has 0 aromatic heterocycles. The molecule has 1 heterocycles. The number of nitrogens with zero attached hydrogens (tertiary/aromatic N) is 1. The van der Waals surface area contributed by atoms with Crippen LogP contribution < -0.4 is 5.32 Å². The molecule has 2 rings (SSSR count). The van der Waals surface area contributed by atoms with Gasteiger partial charge in [0, 0.05) is 32.7 Å². The molecule has 1 aromatic rings.